The van der Waals surface area contributed by atoms with Crippen molar-refractivity contribution in [2.45, 2.75) is 0 Å². The molecule has 0 aromatic heterocycles. The van der Waals surface area contributed by atoms with Crippen LogP contribution in [0.3, 0.4) is 0 Å². The minimum absolute atomic E-state index is 0.262. The molecule has 13 heavy (non-hydrogen) atoms. The molecule has 0 saturated carbocycles. The molecule has 0 aliphatic carbocycles. The van der Waals surface area contributed by atoms with Crippen molar-refractivity contribution < 1.29 is 18.7 Å². The predicted octanol–water partition coefficient (Wildman–Crippen LogP) is 1.22. The lowest BCUT2D eigenvalue weighted by Gasteiger charge is -1.97. The third-order valence-corrected chi connectivity index (χ3v) is 1.33. The highest BCUT2D eigenvalue weighted by Crippen LogP contribution is 2.20. The molecule has 1 rings (SSSR count). The van der Waals surface area contributed by atoms with E-state index in [0.717, 1.165) is 12.1 Å². The zero-order chi connectivity index (χ0) is 9.84. The van der Waals surface area contributed by atoms with Gasteiger partial charge in [0.2, 0.25) is 5.82 Å². The van der Waals surface area contributed by atoms with Gasteiger partial charge in [0.05, 0.1) is 5.56 Å². The maximum absolute atomic E-state index is 12.8. The van der Waals surface area contributed by atoms with Crippen LogP contribution < -0.4 is 0 Å². The third-order valence-electron chi connectivity index (χ3n) is 1.33. The van der Waals surface area contributed by atoms with Crippen LogP contribution in [0.1, 0.15) is 5.56 Å². The van der Waals surface area contributed by atoms with Crippen LogP contribution in [-0.4, -0.2) is 11.4 Å². The molecule has 1 aromatic rings. The van der Waals surface area contributed by atoms with Gasteiger partial charge in [-0.25, -0.2) is 4.39 Å². The Balaban J connectivity index is 3.25. The zero-order valence-electron chi connectivity index (χ0n) is 6.34. The summed E-state index contributed by atoms with van der Waals surface area (Å²) in [7, 11) is 0. The van der Waals surface area contributed by atoms with E-state index in [9.17, 15) is 13.6 Å². The second-order valence-electron chi connectivity index (χ2n) is 2.15. The molecule has 0 fully saturated rings. The highest BCUT2D eigenvalue weighted by molar-refractivity contribution is 5.74. The first-order valence-electron chi connectivity index (χ1n) is 3.29. The Morgan fingerprint density at radius 3 is 2.62 bits per heavy atom. The smallest absolute Gasteiger partial charge is 0.201 e. The van der Waals surface area contributed by atoms with E-state index in [2.05, 4.69) is 5.92 Å². The molecule has 0 saturated heterocycles. The Labute approximate surface area is 72.8 Å². The molecule has 2 nitrogen and oxygen atoms in total. The highest BCUT2D eigenvalue weighted by atomic mass is 19.2. The largest absolute Gasteiger partial charge is 0.505 e. The first-order chi connectivity index (χ1) is 6.16. The summed E-state index contributed by atoms with van der Waals surface area (Å²) in [5, 5.41) is 8.72. The fourth-order valence-corrected chi connectivity index (χ4v) is 0.743. The van der Waals surface area contributed by atoms with Crippen LogP contribution in [0.4, 0.5) is 8.78 Å². The van der Waals surface area contributed by atoms with Crippen LogP contribution >= 0.6 is 0 Å². The molecular weight excluding hydrogens is 178 g/mol. The standard InChI is InChI=1S/C9H4F2O2/c10-8-6(2-1-5-12)3-4-7(13)9(8)11/h3-5,13H. The zero-order valence-corrected chi connectivity index (χ0v) is 6.34. The first-order valence-corrected chi connectivity index (χ1v) is 3.29. The number of carbonyl (C=O) groups is 1. The molecule has 1 aromatic carbocycles. The van der Waals surface area contributed by atoms with Crippen molar-refractivity contribution in [1.29, 1.82) is 0 Å². The van der Waals surface area contributed by atoms with Crippen LogP contribution in [0.5, 0.6) is 5.75 Å². The Morgan fingerprint density at radius 2 is 2.00 bits per heavy atom. The first kappa shape index (κ1) is 9.20. The molecule has 0 amide bonds. The van der Waals surface area contributed by atoms with Gasteiger partial charge in [0, 0.05) is 0 Å². The van der Waals surface area contributed by atoms with Crippen molar-refractivity contribution in [3.05, 3.63) is 29.3 Å². The van der Waals surface area contributed by atoms with Gasteiger partial charge in [-0.15, -0.1) is 0 Å². The fraction of sp³-hybridized carbons (Fsp3) is 0. The Hall–Kier alpha value is -1.89. The van der Waals surface area contributed by atoms with Crippen LogP contribution in [0.2, 0.25) is 0 Å². The van der Waals surface area contributed by atoms with E-state index in [4.69, 9.17) is 5.11 Å². The minimum Gasteiger partial charge on any atom is -0.505 e. The molecular formula is C9H4F2O2. The van der Waals surface area contributed by atoms with Gasteiger partial charge in [-0.05, 0) is 18.1 Å². The molecule has 0 unspecified atom stereocenters. The summed E-state index contributed by atoms with van der Waals surface area (Å²) in [6.45, 7) is 0. The van der Waals surface area contributed by atoms with Crippen LogP contribution in [0.15, 0.2) is 12.1 Å². The lowest BCUT2D eigenvalue weighted by Crippen LogP contribution is -1.89. The van der Waals surface area contributed by atoms with Crippen molar-refractivity contribution in [2.24, 2.45) is 0 Å². The molecule has 4 heteroatoms. The van der Waals surface area contributed by atoms with E-state index < -0.39 is 17.4 Å². The number of carbonyl (C=O) groups excluding carboxylic acids is 1. The van der Waals surface area contributed by atoms with Crippen molar-refractivity contribution in [1.82, 2.24) is 0 Å². The van der Waals surface area contributed by atoms with E-state index in [0.29, 0.717) is 0 Å². The molecule has 0 heterocycles. The van der Waals surface area contributed by atoms with E-state index in [1.54, 1.807) is 0 Å². The van der Waals surface area contributed by atoms with E-state index in [1.807, 2.05) is 5.92 Å². The second-order valence-corrected chi connectivity index (χ2v) is 2.15. The van der Waals surface area contributed by atoms with Crippen molar-refractivity contribution >= 4 is 6.29 Å². The number of rotatable bonds is 0. The van der Waals surface area contributed by atoms with Gasteiger partial charge in [-0.3, -0.25) is 4.79 Å². The number of hydrogen-bond donors (Lipinski definition) is 1. The normalized spacial score (nSPS) is 8.77. The van der Waals surface area contributed by atoms with E-state index >= 15 is 0 Å². The van der Waals surface area contributed by atoms with Gasteiger partial charge in [0.25, 0.3) is 0 Å². The van der Waals surface area contributed by atoms with Gasteiger partial charge >= 0.3 is 0 Å². The molecule has 0 aliphatic heterocycles. The lowest BCUT2D eigenvalue weighted by atomic mass is 10.2. The Morgan fingerprint density at radius 1 is 1.31 bits per heavy atom. The van der Waals surface area contributed by atoms with Crippen LogP contribution in [0, 0.1) is 23.5 Å². The van der Waals surface area contributed by atoms with Gasteiger partial charge in [0.1, 0.15) is 0 Å². The molecule has 0 aliphatic rings. The van der Waals surface area contributed by atoms with Crippen molar-refractivity contribution in [3.63, 3.8) is 0 Å². The minimum atomic E-state index is -1.36. The SMILES string of the molecule is O=CC#Cc1ccc(O)c(F)c1F. The van der Waals surface area contributed by atoms with Gasteiger partial charge in [0.15, 0.2) is 17.9 Å². The maximum atomic E-state index is 12.8. The van der Waals surface area contributed by atoms with Crippen LogP contribution in [0.25, 0.3) is 0 Å². The summed E-state index contributed by atoms with van der Waals surface area (Å²) in [6, 6.07) is 2.05. The Bertz CT molecular complexity index is 402. The third kappa shape index (κ3) is 1.82. The van der Waals surface area contributed by atoms with Crippen LogP contribution in [-0.2, 0) is 4.79 Å². The van der Waals surface area contributed by atoms with E-state index in [1.165, 1.54) is 0 Å². The average molecular weight is 182 g/mol. The molecule has 66 valence electrons. The predicted molar refractivity (Wildman–Crippen MR) is 41.0 cm³/mol. The maximum Gasteiger partial charge on any atom is 0.201 e. The number of aldehydes is 1. The number of hydrogen-bond acceptors (Lipinski definition) is 2. The molecule has 1 N–H and O–H groups in total. The number of benzene rings is 1. The number of phenolic OH excluding ortho intramolecular Hbond substituents is 1. The van der Waals surface area contributed by atoms with Gasteiger partial charge in [-0.2, -0.15) is 4.39 Å². The number of aromatic hydroxyl groups is 1. The molecule has 0 spiro atoms. The second kappa shape index (κ2) is 3.68. The van der Waals surface area contributed by atoms with Gasteiger partial charge in [-0.1, -0.05) is 5.92 Å². The summed E-state index contributed by atoms with van der Waals surface area (Å²) in [5.41, 5.74) is -0.262. The van der Waals surface area contributed by atoms with E-state index in [-0.39, 0.29) is 11.8 Å². The Kier molecular flexibility index (Phi) is 2.60. The monoisotopic (exact) mass is 182 g/mol. The van der Waals surface area contributed by atoms with Crippen molar-refractivity contribution in [3.8, 4) is 17.6 Å². The number of phenols is 1. The summed E-state index contributed by atoms with van der Waals surface area (Å²) in [5.74, 6) is 0.618. The fourth-order valence-electron chi connectivity index (χ4n) is 0.743. The average Bonchev–Trinajstić information content (AvgIpc) is 2.13. The lowest BCUT2D eigenvalue weighted by molar-refractivity contribution is -0.103. The topological polar surface area (TPSA) is 37.3 Å². The van der Waals surface area contributed by atoms with Crippen molar-refractivity contribution in [2.75, 3.05) is 0 Å². The molecule has 0 radical (unpaired) electrons. The number of halogens is 2. The quantitative estimate of drug-likeness (QED) is 0.483. The molecule has 0 atom stereocenters. The summed E-state index contributed by atoms with van der Waals surface area (Å²) < 4.78 is 25.5. The molecule has 0 bridgehead atoms. The summed E-state index contributed by atoms with van der Waals surface area (Å²) in [4.78, 5) is 9.80. The van der Waals surface area contributed by atoms with Gasteiger partial charge < -0.3 is 5.11 Å². The highest BCUT2D eigenvalue weighted by Gasteiger charge is 2.10. The summed E-state index contributed by atoms with van der Waals surface area (Å²) in [6.07, 6.45) is 0.268. The summed E-state index contributed by atoms with van der Waals surface area (Å²) >= 11 is 0.